The van der Waals surface area contributed by atoms with Crippen molar-refractivity contribution in [1.82, 2.24) is 0 Å². The first-order valence-electron chi connectivity index (χ1n) is 1.89. The molecule has 0 fully saturated rings. The summed E-state index contributed by atoms with van der Waals surface area (Å²) in [7, 11) is 1.56. The fourth-order valence-electron chi connectivity index (χ4n) is 0.142. The minimum atomic E-state index is -1.59. The van der Waals surface area contributed by atoms with Gasteiger partial charge < -0.3 is 0 Å². The van der Waals surface area contributed by atoms with Crippen molar-refractivity contribution in [2.45, 2.75) is 6.92 Å². The summed E-state index contributed by atoms with van der Waals surface area (Å²) in [5.74, 6) is -0.219. The van der Waals surface area contributed by atoms with Crippen molar-refractivity contribution >= 4 is 5.97 Å². The van der Waals surface area contributed by atoms with Gasteiger partial charge in [0.1, 0.15) is 0 Å². The summed E-state index contributed by atoms with van der Waals surface area (Å²) in [6.45, 7) is 1.39. The second kappa shape index (κ2) is 4.52. The van der Waals surface area contributed by atoms with Crippen molar-refractivity contribution in [3.8, 4) is 0 Å². The Morgan fingerprint density at radius 2 is 2.29 bits per heavy atom. The van der Waals surface area contributed by atoms with Crippen LogP contribution in [0.3, 0.4) is 0 Å². The van der Waals surface area contributed by atoms with Gasteiger partial charge in [0.05, 0.1) is 0 Å². The average molecular weight is 291 g/mol. The van der Waals surface area contributed by atoms with E-state index in [1.54, 1.807) is 7.11 Å². The fraction of sp³-hybridized carbons (Fsp3) is 0.667. The SMILES string of the molecule is C[O][Hg][O]C(C)=O. The zero-order chi connectivity index (χ0) is 5.70. The Bertz CT molecular complexity index is 63.2. The van der Waals surface area contributed by atoms with Crippen molar-refractivity contribution in [2.75, 3.05) is 7.11 Å². The zero-order valence-electron chi connectivity index (χ0n) is 4.43. The molecule has 38 valence electrons. The minimum absolute atomic E-state index is 0.219. The predicted octanol–water partition coefficient (Wildman–Crippen LogP) is 0.108. The Labute approximate surface area is 55.8 Å². The molecular weight excluding hydrogens is 285 g/mol. The first-order chi connectivity index (χ1) is 3.27. The molecule has 0 aliphatic rings. The Balaban J connectivity index is 2.82. The maximum atomic E-state index is 9.96. The van der Waals surface area contributed by atoms with Gasteiger partial charge in [-0.2, -0.15) is 0 Å². The van der Waals surface area contributed by atoms with E-state index in [0.29, 0.717) is 0 Å². The molecule has 0 aromatic rings. The predicted molar refractivity (Wildman–Crippen MR) is 18.8 cm³/mol. The average Bonchev–Trinajstić information content (AvgIpc) is 1.61. The molecule has 3 nitrogen and oxygen atoms in total. The molecule has 0 aliphatic carbocycles. The number of hydrogen-bond donors (Lipinski definition) is 0. The summed E-state index contributed by atoms with van der Waals surface area (Å²) in [4.78, 5) is 9.96. The van der Waals surface area contributed by atoms with Crippen LogP contribution in [0.25, 0.3) is 0 Å². The molecule has 0 saturated carbocycles. The quantitative estimate of drug-likeness (QED) is 0.677. The van der Waals surface area contributed by atoms with Crippen LogP contribution in [0.5, 0.6) is 0 Å². The molecule has 0 unspecified atom stereocenters. The molecule has 0 rings (SSSR count). The number of carbonyl (C=O) groups excluding carboxylic acids is 1. The monoisotopic (exact) mass is 292 g/mol. The van der Waals surface area contributed by atoms with E-state index in [-0.39, 0.29) is 5.97 Å². The second-order valence-electron chi connectivity index (χ2n) is 1.04. The van der Waals surface area contributed by atoms with Crippen LogP contribution in [0.1, 0.15) is 6.92 Å². The van der Waals surface area contributed by atoms with Gasteiger partial charge in [0, 0.05) is 0 Å². The first kappa shape index (κ1) is 7.37. The Morgan fingerprint density at radius 3 is 2.43 bits per heavy atom. The fourth-order valence-corrected chi connectivity index (χ4v) is 1.25. The topological polar surface area (TPSA) is 35.5 Å². The van der Waals surface area contributed by atoms with Crippen molar-refractivity contribution in [2.24, 2.45) is 0 Å². The molecular formula is C3H6HgO3. The Hall–Kier alpha value is 0.365. The van der Waals surface area contributed by atoms with Gasteiger partial charge in [0.15, 0.2) is 0 Å². The standard InChI is InChI=1S/C2H4O2.CH3O.Hg/c1-2(3)4;1-2;/h1H3,(H,3,4);1H3;/q;-1;+2/p-1. The van der Waals surface area contributed by atoms with E-state index in [9.17, 15) is 4.79 Å². The summed E-state index contributed by atoms with van der Waals surface area (Å²) in [5, 5.41) is 0. The van der Waals surface area contributed by atoms with Gasteiger partial charge in [0.25, 0.3) is 0 Å². The molecule has 0 aliphatic heterocycles. The number of carbonyl (C=O) groups is 1. The maximum absolute atomic E-state index is 9.96. The molecule has 0 amide bonds. The van der Waals surface area contributed by atoms with E-state index < -0.39 is 25.5 Å². The van der Waals surface area contributed by atoms with Crippen LogP contribution in [0.4, 0.5) is 0 Å². The van der Waals surface area contributed by atoms with Crippen LogP contribution in [0.2, 0.25) is 0 Å². The molecule has 0 aromatic carbocycles. The van der Waals surface area contributed by atoms with Crippen LogP contribution < -0.4 is 0 Å². The van der Waals surface area contributed by atoms with Crippen molar-refractivity contribution in [3.63, 3.8) is 0 Å². The van der Waals surface area contributed by atoms with Crippen LogP contribution in [0, 0.1) is 0 Å². The molecule has 7 heavy (non-hydrogen) atoms. The van der Waals surface area contributed by atoms with E-state index >= 15 is 0 Å². The van der Waals surface area contributed by atoms with E-state index in [1.807, 2.05) is 0 Å². The number of rotatable bonds is 2. The van der Waals surface area contributed by atoms with Gasteiger partial charge in [-0.3, -0.25) is 0 Å². The van der Waals surface area contributed by atoms with Crippen LogP contribution in [-0.2, 0) is 35.6 Å². The third-order valence-electron chi connectivity index (χ3n) is 0.380. The van der Waals surface area contributed by atoms with Crippen LogP contribution in [0.15, 0.2) is 0 Å². The summed E-state index contributed by atoms with van der Waals surface area (Å²) < 4.78 is 9.18. The molecule has 0 bridgehead atoms. The normalized spacial score (nSPS) is 7.14. The molecule has 0 heterocycles. The molecule has 0 spiro atoms. The first-order valence-corrected chi connectivity index (χ1v) is 6.38. The van der Waals surface area contributed by atoms with Crippen molar-refractivity contribution in [3.05, 3.63) is 0 Å². The zero-order valence-corrected chi connectivity index (χ0v) is 9.93. The summed E-state index contributed by atoms with van der Waals surface area (Å²) in [6, 6.07) is 0. The summed E-state index contributed by atoms with van der Waals surface area (Å²) in [5.41, 5.74) is 0. The third kappa shape index (κ3) is 6.37. The number of hydrogen-bond acceptors (Lipinski definition) is 3. The Kier molecular flexibility index (Phi) is 4.76. The van der Waals surface area contributed by atoms with E-state index in [2.05, 4.69) is 5.29 Å². The van der Waals surface area contributed by atoms with E-state index in [1.165, 1.54) is 6.92 Å². The summed E-state index contributed by atoms with van der Waals surface area (Å²) >= 11 is -1.59. The van der Waals surface area contributed by atoms with Gasteiger partial charge in [-0.15, -0.1) is 0 Å². The Morgan fingerprint density at radius 1 is 1.71 bits per heavy atom. The molecule has 0 N–H and O–H groups in total. The van der Waals surface area contributed by atoms with Gasteiger partial charge in [-0.25, -0.2) is 0 Å². The van der Waals surface area contributed by atoms with Gasteiger partial charge >= 0.3 is 55.6 Å². The van der Waals surface area contributed by atoms with Gasteiger partial charge in [-0.1, -0.05) is 0 Å². The molecule has 0 aromatic heterocycles. The van der Waals surface area contributed by atoms with Crippen LogP contribution in [-0.4, -0.2) is 13.1 Å². The molecule has 0 atom stereocenters. The second-order valence-corrected chi connectivity index (χ2v) is 5.33. The van der Waals surface area contributed by atoms with Crippen molar-refractivity contribution in [1.29, 1.82) is 0 Å². The molecule has 0 saturated heterocycles. The summed E-state index contributed by atoms with van der Waals surface area (Å²) in [6.07, 6.45) is 0. The van der Waals surface area contributed by atoms with Crippen molar-refractivity contribution < 1.29 is 35.6 Å². The molecule has 4 heteroatoms. The van der Waals surface area contributed by atoms with Gasteiger partial charge in [0.2, 0.25) is 0 Å². The van der Waals surface area contributed by atoms with E-state index in [4.69, 9.17) is 0 Å². The van der Waals surface area contributed by atoms with E-state index in [0.717, 1.165) is 0 Å². The third-order valence-corrected chi connectivity index (χ3v) is 3.33. The van der Waals surface area contributed by atoms with Crippen LogP contribution >= 0.6 is 0 Å². The molecule has 0 radical (unpaired) electrons. The van der Waals surface area contributed by atoms with Gasteiger partial charge in [-0.05, 0) is 0 Å².